The van der Waals surface area contributed by atoms with Crippen molar-refractivity contribution < 1.29 is 18.3 Å². The normalized spacial score (nSPS) is 20.1. The van der Waals surface area contributed by atoms with E-state index in [4.69, 9.17) is 0 Å². The highest BCUT2D eigenvalue weighted by molar-refractivity contribution is 7.93. The number of anilines is 1. The summed E-state index contributed by atoms with van der Waals surface area (Å²) in [6.45, 7) is 4.12. The van der Waals surface area contributed by atoms with E-state index in [1.165, 1.54) is 0 Å². The van der Waals surface area contributed by atoms with E-state index in [9.17, 15) is 18.3 Å². The Hall–Kier alpha value is -2.58. The molecule has 0 radical (unpaired) electrons. The Kier molecular flexibility index (Phi) is 5.94. The van der Waals surface area contributed by atoms with Gasteiger partial charge in [-0.05, 0) is 37.0 Å². The summed E-state index contributed by atoms with van der Waals surface area (Å²) in [5.74, 6) is -0.570. The van der Waals surface area contributed by atoms with E-state index in [1.807, 2.05) is 49.1 Å². The lowest BCUT2D eigenvalue weighted by Gasteiger charge is -2.30. The molecule has 4 rings (SSSR count). The van der Waals surface area contributed by atoms with Crippen molar-refractivity contribution in [3.05, 3.63) is 64.6 Å². The summed E-state index contributed by atoms with van der Waals surface area (Å²) in [6, 6.07) is 9.43. The lowest BCUT2D eigenvalue weighted by molar-refractivity contribution is -0.132. The van der Waals surface area contributed by atoms with Gasteiger partial charge in [0, 0.05) is 18.3 Å². The van der Waals surface area contributed by atoms with Gasteiger partial charge in [-0.3, -0.25) is 4.90 Å². The second kappa shape index (κ2) is 8.51. The Bertz CT molecular complexity index is 1050. The summed E-state index contributed by atoms with van der Waals surface area (Å²) in [6.07, 6.45) is 8.01. The lowest BCUT2D eigenvalue weighted by Crippen LogP contribution is -2.40. The largest absolute Gasteiger partial charge is 0.478 e. The van der Waals surface area contributed by atoms with Crippen LogP contribution in [-0.4, -0.2) is 37.0 Å². The van der Waals surface area contributed by atoms with Gasteiger partial charge in [-0.25, -0.2) is 17.9 Å². The topological polar surface area (TPSA) is 90.0 Å². The zero-order valence-electron chi connectivity index (χ0n) is 17.9. The highest BCUT2D eigenvalue weighted by Crippen LogP contribution is 2.43. The number of aliphatic carboxylic acids is 1. The molecule has 2 heterocycles. The second-order valence-electron chi connectivity index (χ2n) is 8.55. The van der Waals surface area contributed by atoms with E-state index in [2.05, 4.69) is 4.72 Å². The zero-order valence-corrected chi connectivity index (χ0v) is 18.7. The molecule has 0 unspecified atom stereocenters. The van der Waals surface area contributed by atoms with Crippen molar-refractivity contribution in [2.45, 2.75) is 52.0 Å². The Morgan fingerprint density at radius 3 is 2.42 bits per heavy atom. The fourth-order valence-electron chi connectivity index (χ4n) is 4.57. The maximum Gasteiger partial charge on any atom is 0.335 e. The first-order valence-electron chi connectivity index (χ1n) is 10.8. The summed E-state index contributed by atoms with van der Waals surface area (Å²) in [5, 5.41) is 9.76. The average Bonchev–Trinajstić information content (AvgIpc) is 3.10. The Balaban J connectivity index is 1.84. The second-order valence-corrected chi connectivity index (χ2v) is 10.2. The van der Waals surface area contributed by atoms with Crippen molar-refractivity contribution in [2.75, 3.05) is 11.4 Å². The maximum atomic E-state index is 13.7. The number of benzene rings is 1. The number of hydrogen-bond acceptors (Lipinski definition) is 5. The first-order chi connectivity index (χ1) is 14.8. The molecule has 0 aromatic heterocycles. The third-order valence-corrected chi connectivity index (χ3v) is 7.56. The van der Waals surface area contributed by atoms with E-state index in [-0.39, 0.29) is 29.1 Å². The molecule has 3 aliphatic rings. The van der Waals surface area contributed by atoms with Gasteiger partial charge < -0.3 is 10.0 Å². The minimum Gasteiger partial charge on any atom is -0.478 e. The summed E-state index contributed by atoms with van der Waals surface area (Å²) in [4.78, 5) is 15.3. The molecule has 1 aromatic carbocycles. The lowest BCUT2D eigenvalue weighted by atomic mass is 9.96. The summed E-state index contributed by atoms with van der Waals surface area (Å²) >= 11 is 0. The molecule has 7 nitrogen and oxygen atoms in total. The van der Waals surface area contributed by atoms with E-state index < -0.39 is 16.0 Å². The van der Waals surface area contributed by atoms with Crippen LogP contribution in [0.5, 0.6) is 0 Å². The van der Waals surface area contributed by atoms with Crippen LogP contribution in [0.3, 0.4) is 0 Å². The number of hydrogen-bond donors (Lipinski definition) is 2. The molecule has 1 saturated carbocycles. The number of fused-ring (bicyclic) bond motifs is 1. The number of sulfonamides is 1. The molecule has 0 spiro atoms. The first kappa shape index (κ1) is 21.6. The van der Waals surface area contributed by atoms with E-state index >= 15 is 0 Å². The minimum absolute atomic E-state index is 0.0622. The van der Waals surface area contributed by atoms with Gasteiger partial charge in [-0.15, -0.1) is 0 Å². The number of allylic oxidation sites excluding steroid dienone is 1. The van der Waals surface area contributed by atoms with Gasteiger partial charge in [-0.2, -0.15) is 0 Å². The van der Waals surface area contributed by atoms with Crippen molar-refractivity contribution in [1.82, 2.24) is 9.62 Å². The molecule has 1 aromatic rings. The highest BCUT2D eigenvalue weighted by Gasteiger charge is 2.44. The van der Waals surface area contributed by atoms with Crippen molar-refractivity contribution in [1.29, 1.82) is 0 Å². The molecule has 0 saturated heterocycles. The quantitative estimate of drug-likeness (QED) is 0.696. The van der Waals surface area contributed by atoms with Crippen LogP contribution in [0.4, 0.5) is 5.69 Å². The van der Waals surface area contributed by atoms with Crippen molar-refractivity contribution in [2.24, 2.45) is 5.92 Å². The SMILES string of the molecule is CC(C)C1=C(S(=O)(=O)NC2CCCCC2)N2CC=C(C(=O)O)C=C2N1c1ccccc1. The number of carbonyl (C=O) groups is 1. The van der Waals surface area contributed by atoms with Crippen LogP contribution in [0.2, 0.25) is 0 Å². The van der Waals surface area contributed by atoms with Crippen LogP contribution < -0.4 is 9.62 Å². The molecule has 1 aliphatic carbocycles. The predicted octanol–water partition coefficient (Wildman–Crippen LogP) is 3.75. The van der Waals surface area contributed by atoms with Gasteiger partial charge in [0.05, 0.1) is 11.3 Å². The maximum absolute atomic E-state index is 13.7. The molecule has 0 amide bonds. The molecular formula is C23H29N3O4S. The highest BCUT2D eigenvalue weighted by atomic mass is 32.2. The number of nitrogens with zero attached hydrogens (tertiary/aromatic N) is 2. The van der Waals surface area contributed by atoms with Gasteiger partial charge >= 0.3 is 5.97 Å². The van der Waals surface area contributed by atoms with Crippen molar-refractivity contribution >= 4 is 21.7 Å². The molecule has 31 heavy (non-hydrogen) atoms. The Morgan fingerprint density at radius 1 is 1.13 bits per heavy atom. The monoisotopic (exact) mass is 443 g/mol. The van der Waals surface area contributed by atoms with Crippen LogP contribution in [0, 0.1) is 5.92 Å². The van der Waals surface area contributed by atoms with Crippen molar-refractivity contribution in [3.8, 4) is 0 Å². The third-order valence-electron chi connectivity index (χ3n) is 5.98. The van der Waals surface area contributed by atoms with Gasteiger partial charge in [0.1, 0.15) is 5.82 Å². The Morgan fingerprint density at radius 2 is 1.81 bits per heavy atom. The molecule has 166 valence electrons. The number of para-hydroxylation sites is 1. The van der Waals surface area contributed by atoms with Crippen molar-refractivity contribution in [3.63, 3.8) is 0 Å². The molecule has 0 bridgehead atoms. The van der Waals surface area contributed by atoms with Gasteiger partial charge in [0.2, 0.25) is 0 Å². The van der Waals surface area contributed by atoms with Crippen LogP contribution in [0.1, 0.15) is 46.0 Å². The smallest absolute Gasteiger partial charge is 0.335 e. The van der Waals surface area contributed by atoms with E-state index in [0.29, 0.717) is 11.5 Å². The van der Waals surface area contributed by atoms with E-state index in [1.54, 1.807) is 17.1 Å². The molecule has 0 atom stereocenters. The molecular weight excluding hydrogens is 414 g/mol. The first-order valence-corrected chi connectivity index (χ1v) is 12.3. The third kappa shape index (κ3) is 4.14. The number of nitrogens with one attached hydrogen (secondary N) is 1. The predicted molar refractivity (Wildman–Crippen MR) is 120 cm³/mol. The minimum atomic E-state index is -3.81. The van der Waals surface area contributed by atoms with Crippen LogP contribution in [-0.2, 0) is 14.8 Å². The fourth-order valence-corrected chi connectivity index (χ4v) is 6.42. The summed E-state index contributed by atoms with van der Waals surface area (Å²) < 4.78 is 30.3. The van der Waals surface area contributed by atoms with Crippen LogP contribution >= 0.6 is 0 Å². The zero-order chi connectivity index (χ0) is 22.2. The van der Waals surface area contributed by atoms with Crippen LogP contribution in [0.25, 0.3) is 0 Å². The Labute approximate surface area is 183 Å². The number of rotatable bonds is 6. The molecule has 1 fully saturated rings. The van der Waals surface area contributed by atoms with Gasteiger partial charge in [-0.1, -0.05) is 57.4 Å². The summed E-state index contributed by atoms with van der Waals surface area (Å²) in [7, 11) is -3.81. The summed E-state index contributed by atoms with van der Waals surface area (Å²) in [5.41, 5.74) is 1.62. The standard InChI is InChI=1S/C23H29N3O4S/c1-16(2)21-22(31(29,30)24-18-9-5-3-6-10-18)25-14-13-17(23(27)28)15-20(25)26(21)19-11-7-4-8-12-19/h4,7-8,11-13,15-16,18,24H,3,5-6,9-10,14H2,1-2H3,(H,27,28). The average molecular weight is 444 g/mol. The van der Waals surface area contributed by atoms with Gasteiger partial charge in [0.25, 0.3) is 10.0 Å². The van der Waals surface area contributed by atoms with Gasteiger partial charge in [0.15, 0.2) is 5.03 Å². The molecule has 2 N–H and O–H groups in total. The molecule has 8 heteroatoms. The fraction of sp³-hybridized carbons (Fsp3) is 0.435. The van der Waals surface area contributed by atoms with Crippen LogP contribution in [0.15, 0.2) is 64.6 Å². The van der Waals surface area contributed by atoms with E-state index in [0.717, 1.165) is 37.8 Å². The number of carboxylic acid groups (broad SMARTS) is 1. The molecule has 2 aliphatic heterocycles. The number of carboxylic acids is 1.